The standard InChI is InChI=1S/C9H6F3N3O/c10-9(11,12)7-6(8(13)16-15-7)5-1-3-14-4-2-5/h1-4H,13H2. The lowest BCUT2D eigenvalue weighted by Crippen LogP contribution is -2.07. The molecule has 0 radical (unpaired) electrons. The monoisotopic (exact) mass is 229 g/mol. The fourth-order valence-electron chi connectivity index (χ4n) is 1.29. The van der Waals surface area contributed by atoms with E-state index in [4.69, 9.17) is 5.73 Å². The summed E-state index contributed by atoms with van der Waals surface area (Å²) in [5, 5.41) is 2.92. The minimum absolute atomic E-state index is 0.255. The Balaban J connectivity index is 2.61. The predicted molar refractivity (Wildman–Crippen MR) is 49.1 cm³/mol. The minimum Gasteiger partial charge on any atom is -0.367 e. The molecule has 0 saturated heterocycles. The van der Waals surface area contributed by atoms with E-state index in [1.807, 2.05) is 0 Å². The third-order valence-corrected chi connectivity index (χ3v) is 1.96. The Kier molecular flexibility index (Phi) is 2.30. The van der Waals surface area contributed by atoms with Crippen LogP contribution in [0.4, 0.5) is 19.1 Å². The van der Waals surface area contributed by atoms with E-state index in [1.54, 1.807) is 0 Å². The van der Waals surface area contributed by atoms with Gasteiger partial charge >= 0.3 is 6.18 Å². The van der Waals surface area contributed by atoms with Crippen LogP contribution in [0.15, 0.2) is 29.0 Å². The maximum absolute atomic E-state index is 12.6. The highest BCUT2D eigenvalue weighted by molar-refractivity contribution is 5.75. The van der Waals surface area contributed by atoms with E-state index in [2.05, 4.69) is 14.7 Å². The number of hydrogen-bond acceptors (Lipinski definition) is 4. The first kappa shape index (κ1) is 10.5. The number of nitrogen functional groups attached to an aromatic ring is 1. The quantitative estimate of drug-likeness (QED) is 0.815. The molecule has 0 saturated carbocycles. The van der Waals surface area contributed by atoms with Crippen molar-refractivity contribution >= 4 is 5.88 Å². The van der Waals surface area contributed by atoms with Gasteiger partial charge in [-0.1, -0.05) is 5.16 Å². The van der Waals surface area contributed by atoms with Gasteiger partial charge in [0.1, 0.15) is 0 Å². The summed E-state index contributed by atoms with van der Waals surface area (Å²) in [6, 6.07) is 2.80. The van der Waals surface area contributed by atoms with Crippen LogP contribution in [0.5, 0.6) is 0 Å². The largest absolute Gasteiger partial charge is 0.437 e. The van der Waals surface area contributed by atoms with Crippen LogP contribution in [0.25, 0.3) is 11.1 Å². The lowest BCUT2D eigenvalue weighted by atomic mass is 10.1. The van der Waals surface area contributed by atoms with Gasteiger partial charge in [0.05, 0.1) is 5.56 Å². The SMILES string of the molecule is Nc1onc(C(F)(F)F)c1-c1ccncc1. The fraction of sp³-hybridized carbons (Fsp3) is 0.111. The summed E-state index contributed by atoms with van der Waals surface area (Å²) in [5.74, 6) is -0.362. The third kappa shape index (κ3) is 1.71. The predicted octanol–water partition coefficient (Wildman–Crippen LogP) is 2.34. The third-order valence-electron chi connectivity index (χ3n) is 1.96. The number of hydrogen-bond donors (Lipinski definition) is 1. The molecule has 0 bridgehead atoms. The zero-order chi connectivity index (χ0) is 11.8. The minimum atomic E-state index is -4.60. The number of anilines is 1. The van der Waals surface area contributed by atoms with Crippen molar-refractivity contribution in [2.45, 2.75) is 6.18 Å². The van der Waals surface area contributed by atoms with Crippen LogP contribution in [0.1, 0.15) is 5.69 Å². The zero-order valence-electron chi connectivity index (χ0n) is 7.82. The highest BCUT2D eigenvalue weighted by Crippen LogP contribution is 2.39. The summed E-state index contributed by atoms with van der Waals surface area (Å²) in [5.41, 5.74) is 4.20. The van der Waals surface area contributed by atoms with Gasteiger partial charge in [-0.2, -0.15) is 13.2 Å². The van der Waals surface area contributed by atoms with Gasteiger partial charge in [-0.3, -0.25) is 4.98 Å². The molecule has 84 valence electrons. The molecule has 16 heavy (non-hydrogen) atoms. The molecule has 0 fully saturated rings. The van der Waals surface area contributed by atoms with E-state index in [9.17, 15) is 13.2 Å². The second-order valence-electron chi connectivity index (χ2n) is 3.00. The van der Waals surface area contributed by atoms with Crippen molar-refractivity contribution in [2.24, 2.45) is 0 Å². The Hall–Kier alpha value is -2.05. The highest BCUT2D eigenvalue weighted by atomic mass is 19.4. The molecule has 0 amide bonds. The molecular formula is C9H6F3N3O. The number of halogens is 3. The van der Waals surface area contributed by atoms with Crippen molar-refractivity contribution < 1.29 is 17.7 Å². The first-order valence-electron chi connectivity index (χ1n) is 4.23. The van der Waals surface area contributed by atoms with Crippen LogP contribution in [0, 0.1) is 0 Å². The number of pyridine rings is 1. The Labute approximate surface area is 87.9 Å². The van der Waals surface area contributed by atoms with Gasteiger partial charge < -0.3 is 10.3 Å². The van der Waals surface area contributed by atoms with Crippen molar-refractivity contribution in [1.29, 1.82) is 0 Å². The van der Waals surface area contributed by atoms with Gasteiger partial charge in [-0.05, 0) is 17.7 Å². The van der Waals surface area contributed by atoms with Gasteiger partial charge in [0.2, 0.25) is 5.88 Å². The lowest BCUT2D eigenvalue weighted by Gasteiger charge is -2.04. The van der Waals surface area contributed by atoms with Crippen LogP contribution < -0.4 is 5.73 Å². The molecule has 2 aromatic heterocycles. The summed E-state index contributed by atoms with van der Waals surface area (Å²) in [6.45, 7) is 0. The first-order valence-corrected chi connectivity index (χ1v) is 4.23. The molecule has 7 heteroatoms. The Morgan fingerprint density at radius 2 is 1.81 bits per heavy atom. The van der Waals surface area contributed by atoms with Crippen LogP contribution >= 0.6 is 0 Å². The first-order chi connectivity index (χ1) is 7.50. The average molecular weight is 229 g/mol. The lowest BCUT2D eigenvalue weighted by molar-refractivity contribution is -0.142. The number of aromatic nitrogens is 2. The zero-order valence-corrected chi connectivity index (χ0v) is 7.82. The van der Waals surface area contributed by atoms with Gasteiger partial charge in [0.25, 0.3) is 0 Å². The van der Waals surface area contributed by atoms with Crippen molar-refractivity contribution in [3.63, 3.8) is 0 Å². The second kappa shape index (κ2) is 3.51. The smallest absolute Gasteiger partial charge is 0.367 e. The maximum Gasteiger partial charge on any atom is 0.437 e. The van der Waals surface area contributed by atoms with Gasteiger partial charge in [0, 0.05) is 12.4 Å². The number of nitrogens with zero attached hydrogens (tertiary/aromatic N) is 2. The van der Waals surface area contributed by atoms with Gasteiger partial charge in [0.15, 0.2) is 5.69 Å². The molecule has 0 atom stereocenters. The normalized spacial score (nSPS) is 11.7. The van der Waals surface area contributed by atoms with Gasteiger partial charge in [-0.15, -0.1) is 0 Å². The summed E-state index contributed by atoms with van der Waals surface area (Å²) in [6.07, 6.45) is -1.87. The van der Waals surface area contributed by atoms with E-state index in [0.29, 0.717) is 0 Å². The van der Waals surface area contributed by atoms with Crippen LogP contribution in [-0.2, 0) is 6.18 Å². The van der Waals surface area contributed by atoms with E-state index >= 15 is 0 Å². The molecule has 2 heterocycles. The molecule has 0 aliphatic carbocycles. The van der Waals surface area contributed by atoms with Crippen molar-refractivity contribution in [3.05, 3.63) is 30.2 Å². The average Bonchev–Trinajstić information content (AvgIpc) is 2.61. The van der Waals surface area contributed by atoms with Crippen LogP contribution in [-0.4, -0.2) is 10.1 Å². The molecule has 0 unspecified atom stereocenters. The van der Waals surface area contributed by atoms with Gasteiger partial charge in [-0.25, -0.2) is 0 Å². The molecule has 2 aromatic rings. The molecule has 4 nitrogen and oxygen atoms in total. The number of alkyl halides is 3. The van der Waals surface area contributed by atoms with Crippen LogP contribution in [0.3, 0.4) is 0 Å². The van der Waals surface area contributed by atoms with E-state index < -0.39 is 11.9 Å². The summed E-state index contributed by atoms with van der Waals surface area (Å²) >= 11 is 0. The van der Waals surface area contributed by atoms with E-state index in [0.717, 1.165) is 0 Å². The number of rotatable bonds is 1. The van der Waals surface area contributed by atoms with Crippen molar-refractivity contribution in [3.8, 4) is 11.1 Å². The molecule has 2 N–H and O–H groups in total. The molecule has 0 spiro atoms. The molecule has 2 rings (SSSR count). The summed E-state index contributed by atoms with van der Waals surface area (Å²) in [7, 11) is 0. The molecule has 0 aliphatic rings. The van der Waals surface area contributed by atoms with E-state index in [1.165, 1.54) is 24.5 Å². The van der Waals surface area contributed by atoms with Crippen LogP contribution in [0.2, 0.25) is 0 Å². The number of nitrogens with two attached hydrogens (primary N) is 1. The summed E-state index contributed by atoms with van der Waals surface area (Å²) in [4.78, 5) is 3.70. The van der Waals surface area contributed by atoms with Crippen molar-refractivity contribution in [2.75, 3.05) is 5.73 Å². The summed E-state index contributed by atoms with van der Waals surface area (Å²) < 4.78 is 42.0. The highest BCUT2D eigenvalue weighted by Gasteiger charge is 2.39. The van der Waals surface area contributed by atoms with E-state index in [-0.39, 0.29) is 17.0 Å². The maximum atomic E-state index is 12.6. The Morgan fingerprint density at radius 1 is 1.19 bits per heavy atom. The van der Waals surface area contributed by atoms with Crippen molar-refractivity contribution in [1.82, 2.24) is 10.1 Å². The Morgan fingerprint density at radius 3 is 2.38 bits per heavy atom. The molecule has 0 aromatic carbocycles. The molecule has 0 aliphatic heterocycles. The molecular weight excluding hydrogens is 223 g/mol. The second-order valence-corrected chi connectivity index (χ2v) is 3.00. The fourth-order valence-corrected chi connectivity index (χ4v) is 1.29. The Bertz CT molecular complexity index is 492. The topological polar surface area (TPSA) is 64.9 Å².